The summed E-state index contributed by atoms with van der Waals surface area (Å²) in [5.74, 6) is -0.255. The molecule has 1 saturated heterocycles. The lowest BCUT2D eigenvalue weighted by atomic mass is 10.3. The minimum Gasteiger partial charge on any atom is -0.381 e. The Morgan fingerprint density at radius 1 is 1.35 bits per heavy atom. The fourth-order valence-electron chi connectivity index (χ4n) is 1.92. The fraction of sp³-hybridized carbons (Fsp3) is 0.500. The van der Waals surface area contributed by atoms with Crippen LogP contribution in [0.25, 0.3) is 0 Å². The van der Waals surface area contributed by atoms with E-state index in [0.29, 0.717) is 10.7 Å². The van der Waals surface area contributed by atoms with Crippen molar-refractivity contribution >= 4 is 17.3 Å². The monoisotopic (exact) mass is 257 g/mol. The van der Waals surface area contributed by atoms with Gasteiger partial charge in [0.05, 0.1) is 5.69 Å². The van der Waals surface area contributed by atoms with E-state index in [1.807, 2.05) is 0 Å². The van der Waals surface area contributed by atoms with Gasteiger partial charge in [-0.05, 0) is 18.2 Å². The summed E-state index contributed by atoms with van der Waals surface area (Å²) < 4.78 is 13.4. The van der Waals surface area contributed by atoms with Gasteiger partial charge in [-0.15, -0.1) is 0 Å². The summed E-state index contributed by atoms with van der Waals surface area (Å²) in [5.41, 5.74) is 0.479. The summed E-state index contributed by atoms with van der Waals surface area (Å²) in [5, 5.41) is 6.93. The molecule has 0 amide bonds. The minimum absolute atomic E-state index is 0.255. The number of rotatable bonds is 4. The molecule has 0 unspecified atom stereocenters. The van der Waals surface area contributed by atoms with Gasteiger partial charge in [0.25, 0.3) is 0 Å². The highest BCUT2D eigenvalue weighted by Gasteiger charge is 2.09. The van der Waals surface area contributed by atoms with Crippen LogP contribution in [0.2, 0.25) is 5.02 Å². The van der Waals surface area contributed by atoms with Crippen molar-refractivity contribution in [2.75, 3.05) is 44.6 Å². The third-order valence-corrected chi connectivity index (χ3v) is 3.12. The molecule has 3 nitrogen and oxygen atoms in total. The number of anilines is 1. The quantitative estimate of drug-likeness (QED) is 0.861. The van der Waals surface area contributed by atoms with E-state index in [1.165, 1.54) is 6.07 Å². The average molecular weight is 258 g/mol. The summed E-state index contributed by atoms with van der Waals surface area (Å²) in [6, 6.07) is 4.56. The number of hydrogen-bond acceptors (Lipinski definition) is 3. The Morgan fingerprint density at radius 2 is 2.12 bits per heavy atom. The van der Waals surface area contributed by atoms with Crippen LogP contribution in [0.1, 0.15) is 0 Å². The van der Waals surface area contributed by atoms with Crippen molar-refractivity contribution in [1.82, 2.24) is 10.2 Å². The molecular formula is C12H17ClFN3. The van der Waals surface area contributed by atoms with Crippen LogP contribution in [-0.4, -0.2) is 44.2 Å². The van der Waals surface area contributed by atoms with Crippen LogP contribution in [-0.2, 0) is 0 Å². The molecule has 5 heteroatoms. The van der Waals surface area contributed by atoms with E-state index in [-0.39, 0.29) is 5.82 Å². The maximum absolute atomic E-state index is 13.4. The van der Waals surface area contributed by atoms with E-state index in [9.17, 15) is 4.39 Å². The van der Waals surface area contributed by atoms with Crippen molar-refractivity contribution in [2.24, 2.45) is 0 Å². The Kier molecular flexibility index (Phi) is 4.59. The maximum atomic E-state index is 13.4. The van der Waals surface area contributed by atoms with Gasteiger partial charge in [-0.3, -0.25) is 4.90 Å². The van der Waals surface area contributed by atoms with Crippen molar-refractivity contribution in [3.63, 3.8) is 0 Å². The highest BCUT2D eigenvalue weighted by atomic mass is 35.5. The van der Waals surface area contributed by atoms with Crippen LogP contribution in [0.3, 0.4) is 0 Å². The van der Waals surface area contributed by atoms with Crippen LogP contribution in [0.4, 0.5) is 10.1 Å². The zero-order chi connectivity index (χ0) is 12.1. The maximum Gasteiger partial charge on any atom is 0.146 e. The Labute approximate surface area is 106 Å². The first-order valence-electron chi connectivity index (χ1n) is 5.88. The summed E-state index contributed by atoms with van der Waals surface area (Å²) >= 11 is 5.82. The molecule has 1 fully saturated rings. The summed E-state index contributed by atoms with van der Waals surface area (Å²) in [4.78, 5) is 2.35. The van der Waals surface area contributed by atoms with E-state index in [1.54, 1.807) is 12.1 Å². The smallest absolute Gasteiger partial charge is 0.146 e. The highest BCUT2D eigenvalue weighted by Crippen LogP contribution is 2.19. The Hall–Kier alpha value is -0.840. The molecule has 1 aliphatic heterocycles. The molecule has 0 atom stereocenters. The lowest BCUT2D eigenvalue weighted by Gasteiger charge is -2.27. The third-order valence-electron chi connectivity index (χ3n) is 2.88. The predicted octanol–water partition coefficient (Wildman–Crippen LogP) is 1.80. The molecule has 0 radical (unpaired) electrons. The van der Waals surface area contributed by atoms with Gasteiger partial charge in [0.1, 0.15) is 5.82 Å². The van der Waals surface area contributed by atoms with Crippen LogP contribution in [0.5, 0.6) is 0 Å². The zero-order valence-electron chi connectivity index (χ0n) is 9.68. The molecule has 1 aromatic rings. The first kappa shape index (κ1) is 12.6. The Morgan fingerprint density at radius 3 is 2.88 bits per heavy atom. The van der Waals surface area contributed by atoms with Gasteiger partial charge in [0, 0.05) is 44.3 Å². The van der Waals surface area contributed by atoms with Crippen molar-refractivity contribution < 1.29 is 4.39 Å². The second kappa shape index (κ2) is 6.19. The molecule has 0 saturated carbocycles. The first-order valence-corrected chi connectivity index (χ1v) is 6.25. The molecule has 0 aromatic heterocycles. The SMILES string of the molecule is Fc1ccc(Cl)cc1NCCN1CCNCC1. The second-order valence-electron chi connectivity index (χ2n) is 4.14. The number of nitrogens with one attached hydrogen (secondary N) is 2. The van der Waals surface area contributed by atoms with Gasteiger partial charge in [-0.25, -0.2) is 4.39 Å². The number of piperazine rings is 1. The van der Waals surface area contributed by atoms with Gasteiger partial charge < -0.3 is 10.6 Å². The zero-order valence-corrected chi connectivity index (χ0v) is 10.4. The standard InChI is InChI=1S/C12H17ClFN3/c13-10-1-2-11(14)12(9-10)16-5-8-17-6-3-15-4-7-17/h1-2,9,15-16H,3-8H2. The number of halogens is 2. The fourth-order valence-corrected chi connectivity index (χ4v) is 2.09. The molecular weight excluding hydrogens is 241 g/mol. The largest absolute Gasteiger partial charge is 0.381 e. The number of nitrogens with zero attached hydrogens (tertiary/aromatic N) is 1. The minimum atomic E-state index is -0.255. The number of hydrogen-bond donors (Lipinski definition) is 2. The van der Waals surface area contributed by atoms with Crippen molar-refractivity contribution in [3.8, 4) is 0 Å². The number of benzene rings is 1. The van der Waals surface area contributed by atoms with E-state index >= 15 is 0 Å². The van der Waals surface area contributed by atoms with E-state index in [0.717, 1.165) is 39.3 Å². The molecule has 94 valence electrons. The van der Waals surface area contributed by atoms with Gasteiger partial charge in [-0.2, -0.15) is 0 Å². The summed E-state index contributed by atoms with van der Waals surface area (Å²) in [6.07, 6.45) is 0. The third kappa shape index (κ3) is 3.84. The van der Waals surface area contributed by atoms with Crippen LogP contribution < -0.4 is 10.6 Å². The van der Waals surface area contributed by atoms with E-state index in [4.69, 9.17) is 11.6 Å². The molecule has 1 heterocycles. The molecule has 0 aliphatic carbocycles. The molecule has 0 bridgehead atoms. The Bertz CT molecular complexity index is 367. The van der Waals surface area contributed by atoms with Crippen LogP contribution in [0, 0.1) is 5.82 Å². The van der Waals surface area contributed by atoms with Crippen LogP contribution >= 0.6 is 11.6 Å². The predicted molar refractivity (Wildman–Crippen MR) is 69.2 cm³/mol. The Balaban J connectivity index is 1.79. The van der Waals surface area contributed by atoms with Gasteiger partial charge in [-0.1, -0.05) is 11.6 Å². The van der Waals surface area contributed by atoms with Gasteiger partial charge >= 0.3 is 0 Å². The lowest BCUT2D eigenvalue weighted by Crippen LogP contribution is -2.45. The summed E-state index contributed by atoms with van der Waals surface area (Å²) in [6.45, 7) is 5.83. The molecule has 2 N–H and O–H groups in total. The van der Waals surface area contributed by atoms with E-state index < -0.39 is 0 Å². The van der Waals surface area contributed by atoms with E-state index in [2.05, 4.69) is 15.5 Å². The molecule has 2 rings (SSSR count). The lowest BCUT2D eigenvalue weighted by molar-refractivity contribution is 0.249. The first-order chi connectivity index (χ1) is 8.25. The van der Waals surface area contributed by atoms with Crippen molar-refractivity contribution in [2.45, 2.75) is 0 Å². The average Bonchev–Trinajstić information content (AvgIpc) is 2.35. The van der Waals surface area contributed by atoms with Gasteiger partial charge in [0.2, 0.25) is 0 Å². The molecule has 17 heavy (non-hydrogen) atoms. The highest BCUT2D eigenvalue weighted by molar-refractivity contribution is 6.30. The van der Waals surface area contributed by atoms with Crippen molar-refractivity contribution in [1.29, 1.82) is 0 Å². The van der Waals surface area contributed by atoms with Crippen molar-refractivity contribution in [3.05, 3.63) is 29.0 Å². The topological polar surface area (TPSA) is 27.3 Å². The second-order valence-corrected chi connectivity index (χ2v) is 4.58. The molecule has 0 spiro atoms. The molecule has 1 aliphatic rings. The van der Waals surface area contributed by atoms with Crippen LogP contribution in [0.15, 0.2) is 18.2 Å². The molecule has 1 aromatic carbocycles. The van der Waals surface area contributed by atoms with Gasteiger partial charge in [0.15, 0.2) is 0 Å². The normalized spacial score (nSPS) is 17.1. The summed E-state index contributed by atoms with van der Waals surface area (Å²) in [7, 11) is 0.